The van der Waals surface area contributed by atoms with Crippen molar-refractivity contribution in [3.63, 3.8) is 0 Å². The topological polar surface area (TPSA) is 22.3 Å². The van der Waals surface area contributed by atoms with Crippen LogP contribution in [0.15, 0.2) is 36.4 Å². The summed E-state index contributed by atoms with van der Waals surface area (Å²) in [5.41, 5.74) is 8.11. The second kappa shape index (κ2) is 6.86. The zero-order valence-electron chi connectivity index (χ0n) is 17.9. The van der Waals surface area contributed by atoms with Crippen molar-refractivity contribution in [1.29, 1.82) is 0 Å². The van der Waals surface area contributed by atoms with Crippen LogP contribution >= 0.6 is 0 Å². The highest BCUT2D eigenvalue weighted by Gasteiger charge is 2.42. The summed E-state index contributed by atoms with van der Waals surface area (Å²) in [6, 6.07) is 10.7. The minimum absolute atomic E-state index is 0.220. The Morgan fingerprint density at radius 3 is 1.57 bits per heavy atom. The van der Waals surface area contributed by atoms with Gasteiger partial charge in [0.25, 0.3) is 0 Å². The molecule has 2 atom stereocenters. The average Bonchev–Trinajstić information content (AvgIpc) is 3.41. The van der Waals surface area contributed by atoms with E-state index in [2.05, 4.69) is 4.98 Å². The van der Waals surface area contributed by atoms with Crippen molar-refractivity contribution in [2.45, 2.75) is 31.1 Å². The highest BCUT2D eigenvalue weighted by atomic mass is 19.1. The second-order valence-electron chi connectivity index (χ2n) is 9.03. The normalized spacial score (nSPS) is 19.3. The minimum atomic E-state index is -0.220. The van der Waals surface area contributed by atoms with Crippen LogP contribution < -0.4 is 9.80 Å². The molecular formula is C25H27F2N3. The predicted octanol–water partition coefficient (Wildman–Crippen LogP) is 6.12. The molecule has 3 aromatic rings. The fourth-order valence-electron chi connectivity index (χ4n) is 5.36. The highest BCUT2D eigenvalue weighted by Crippen LogP contribution is 2.58. The maximum absolute atomic E-state index is 14.3. The van der Waals surface area contributed by atoms with Gasteiger partial charge in [-0.05, 0) is 78.6 Å². The maximum Gasteiger partial charge on any atom is 0.146 e. The molecule has 0 amide bonds. The van der Waals surface area contributed by atoms with Crippen LogP contribution in [0.3, 0.4) is 0 Å². The highest BCUT2D eigenvalue weighted by molar-refractivity contribution is 5.81. The van der Waals surface area contributed by atoms with Gasteiger partial charge in [0.05, 0.1) is 11.4 Å². The molecule has 156 valence electrons. The Morgan fingerprint density at radius 1 is 0.733 bits per heavy atom. The Bertz CT molecular complexity index is 1040. The molecule has 2 aliphatic rings. The molecule has 2 aromatic carbocycles. The molecule has 0 saturated heterocycles. The van der Waals surface area contributed by atoms with Crippen LogP contribution in [0.25, 0.3) is 22.5 Å². The molecule has 0 spiro atoms. The molecule has 1 aromatic heterocycles. The summed E-state index contributed by atoms with van der Waals surface area (Å²) in [5, 5.41) is 0. The summed E-state index contributed by atoms with van der Waals surface area (Å²) in [4.78, 5) is 7.28. The first-order valence-corrected chi connectivity index (χ1v) is 10.6. The van der Waals surface area contributed by atoms with Gasteiger partial charge in [0.15, 0.2) is 0 Å². The molecule has 2 bridgehead atoms. The van der Waals surface area contributed by atoms with Crippen molar-refractivity contribution < 1.29 is 8.78 Å². The molecule has 1 saturated carbocycles. The molecule has 3 nitrogen and oxygen atoms in total. The van der Waals surface area contributed by atoms with Gasteiger partial charge >= 0.3 is 0 Å². The average molecular weight is 408 g/mol. The number of anilines is 2. The first-order valence-electron chi connectivity index (χ1n) is 10.6. The molecule has 5 rings (SSSR count). The van der Waals surface area contributed by atoms with Crippen LogP contribution in [-0.2, 0) is 0 Å². The van der Waals surface area contributed by atoms with Crippen LogP contribution in [0.4, 0.5) is 20.2 Å². The quantitative estimate of drug-likeness (QED) is 0.563. The van der Waals surface area contributed by atoms with E-state index in [4.69, 9.17) is 0 Å². The van der Waals surface area contributed by atoms with E-state index < -0.39 is 0 Å². The zero-order chi connectivity index (χ0) is 21.2. The van der Waals surface area contributed by atoms with Crippen molar-refractivity contribution in [2.75, 3.05) is 38.0 Å². The molecule has 2 aliphatic carbocycles. The first-order chi connectivity index (χ1) is 14.3. The van der Waals surface area contributed by atoms with Crippen LogP contribution in [0, 0.1) is 11.6 Å². The Balaban J connectivity index is 1.70. The van der Waals surface area contributed by atoms with Crippen LogP contribution in [0.2, 0.25) is 0 Å². The number of benzene rings is 2. The number of nitrogens with one attached hydrogen (secondary N) is 1. The van der Waals surface area contributed by atoms with Gasteiger partial charge in [-0.1, -0.05) is 0 Å². The monoisotopic (exact) mass is 407 g/mol. The maximum atomic E-state index is 14.3. The molecule has 1 heterocycles. The number of H-pyrrole nitrogens is 1. The van der Waals surface area contributed by atoms with Gasteiger partial charge in [-0.3, -0.25) is 0 Å². The smallest absolute Gasteiger partial charge is 0.146 e. The molecule has 0 radical (unpaired) electrons. The van der Waals surface area contributed by atoms with Gasteiger partial charge in [-0.25, -0.2) is 8.78 Å². The van der Waals surface area contributed by atoms with E-state index in [0.29, 0.717) is 23.2 Å². The summed E-state index contributed by atoms with van der Waals surface area (Å²) in [6.07, 6.45) is 3.59. The van der Waals surface area contributed by atoms with E-state index in [1.807, 2.05) is 52.5 Å². The number of rotatable bonds is 4. The lowest BCUT2D eigenvalue weighted by atomic mass is 9.89. The Kier molecular flexibility index (Phi) is 4.38. The van der Waals surface area contributed by atoms with Gasteiger partial charge in [0, 0.05) is 50.7 Å². The molecule has 1 fully saturated rings. The van der Waals surface area contributed by atoms with Crippen molar-refractivity contribution in [2.24, 2.45) is 0 Å². The summed E-state index contributed by atoms with van der Waals surface area (Å²) in [6.45, 7) is 0. The van der Waals surface area contributed by atoms with E-state index in [1.54, 1.807) is 21.9 Å². The lowest BCUT2D eigenvalue weighted by Gasteiger charge is -2.17. The summed E-state index contributed by atoms with van der Waals surface area (Å²) >= 11 is 0. The third-order valence-electron chi connectivity index (χ3n) is 6.76. The van der Waals surface area contributed by atoms with Crippen molar-refractivity contribution in [3.05, 3.63) is 59.2 Å². The zero-order valence-corrected chi connectivity index (χ0v) is 17.9. The van der Waals surface area contributed by atoms with E-state index >= 15 is 0 Å². The third kappa shape index (κ3) is 2.83. The Labute approximate surface area is 176 Å². The molecule has 5 heteroatoms. The second-order valence-corrected chi connectivity index (χ2v) is 9.03. The van der Waals surface area contributed by atoms with E-state index in [0.717, 1.165) is 22.5 Å². The van der Waals surface area contributed by atoms with E-state index in [1.165, 1.54) is 30.4 Å². The number of hydrogen-bond donors (Lipinski definition) is 1. The van der Waals surface area contributed by atoms with Crippen molar-refractivity contribution in [3.8, 4) is 22.5 Å². The Morgan fingerprint density at radius 2 is 1.17 bits per heavy atom. The fourth-order valence-corrected chi connectivity index (χ4v) is 5.36. The SMILES string of the molecule is CN(C)c1cc(-c2[nH]c(-c3ccc(F)c(N(C)C)c3)c3c2C2CCC3C2)ccc1F. The van der Waals surface area contributed by atoms with E-state index in [-0.39, 0.29) is 11.6 Å². The third-order valence-corrected chi connectivity index (χ3v) is 6.76. The minimum Gasteiger partial charge on any atom is -0.375 e. The molecular weight excluding hydrogens is 380 g/mol. The number of fused-ring (bicyclic) bond motifs is 5. The number of nitrogens with zero attached hydrogens (tertiary/aromatic N) is 2. The molecule has 1 N–H and O–H groups in total. The number of aromatic amines is 1. The Hall–Kier alpha value is -2.82. The summed E-state index contributed by atoms with van der Waals surface area (Å²) in [5.74, 6) is 0.656. The number of hydrogen-bond acceptors (Lipinski definition) is 2. The van der Waals surface area contributed by atoms with Crippen LogP contribution in [-0.4, -0.2) is 33.2 Å². The first kappa shape index (κ1) is 19.2. The largest absolute Gasteiger partial charge is 0.375 e. The fraction of sp³-hybridized carbons (Fsp3) is 0.360. The standard InChI is InChI=1S/C25H27F2N3/c1-29(2)20-12-16(7-9-18(20)26)24-22-14-5-6-15(11-14)23(22)25(28-24)17-8-10-19(27)21(13-17)30(3)4/h7-10,12-15,28H,5-6,11H2,1-4H3. The van der Waals surface area contributed by atoms with E-state index in [9.17, 15) is 8.78 Å². The van der Waals surface area contributed by atoms with Gasteiger partial charge in [-0.2, -0.15) is 0 Å². The van der Waals surface area contributed by atoms with Gasteiger partial charge in [-0.15, -0.1) is 0 Å². The molecule has 30 heavy (non-hydrogen) atoms. The van der Waals surface area contributed by atoms with Gasteiger partial charge in [0.1, 0.15) is 11.6 Å². The van der Waals surface area contributed by atoms with Crippen molar-refractivity contribution in [1.82, 2.24) is 4.98 Å². The summed E-state index contributed by atoms with van der Waals surface area (Å²) < 4.78 is 28.6. The number of halogens is 2. The lowest BCUT2D eigenvalue weighted by molar-refractivity contribution is 0.626. The number of aromatic nitrogens is 1. The van der Waals surface area contributed by atoms with Gasteiger partial charge in [0.2, 0.25) is 0 Å². The lowest BCUT2D eigenvalue weighted by Crippen LogP contribution is -2.10. The van der Waals surface area contributed by atoms with Crippen LogP contribution in [0.5, 0.6) is 0 Å². The van der Waals surface area contributed by atoms with Crippen LogP contribution in [0.1, 0.15) is 42.2 Å². The molecule has 0 aliphatic heterocycles. The summed E-state index contributed by atoms with van der Waals surface area (Å²) in [7, 11) is 7.43. The van der Waals surface area contributed by atoms with Crippen molar-refractivity contribution >= 4 is 11.4 Å². The predicted molar refractivity (Wildman–Crippen MR) is 120 cm³/mol. The van der Waals surface area contributed by atoms with Gasteiger partial charge < -0.3 is 14.8 Å². The molecule has 2 unspecified atom stereocenters.